The predicted octanol–water partition coefficient (Wildman–Crippen LogP) is 2.16. The topological polar surface area (TPSA) is 26.0 Å². The van der Waals surface area contributed by atoms with E-state index in [1.54, 1.807) is 0 Å². The minimum absolute atomic E-state index is 0. The third kappa shape index (κ3) is 8.54. The van der Waals surface area contributed by atoms with Gasteiger partial charge in [0.1, 0.15) is 0 Å². The molecule has 0 aliphatic rings. The van der Waals surface area contributed by atoms with Gasteiger partial charge >= 0.3 is 0 Å². The maximum Gasteiger partial charge on any atom is 0.0458 e. The summed E-state index contributed by atoms with van der Waals surface area (Å²) in [5.74, 6) is 0. The predicted molar refractivity (Wildman–Crippen MR) is 45.5 cm³/mol. The van der Waals surface area contributed by atoms with E-state index in [0.717, 1.165) is 6.42 Å². The molecule has 0 radical (unpaired) electrons. The van der Waals surface area contributed by atoms with Gasteiger partial charge in [-0.05, 0) is 6.42 Å². The summed E-state index contributed by atoms with van der Waals surface area (Å²) in [7, 11) is 0. The molecule has 9 heavy (non-hydrogen) atoms. The Bertz CT molecular complexity index is 50.3. The van der Waals surface area contributed by atoms with E-state index in [1.165, 1.54) is 12.8 Å². The van der Waals surface area contributed by atoms with Crippen molar-refractivity contribution in [3.05, 3.63) is 0 Å². The quantitative estimate of drug-likeness (QED) is 0.646. The van der Waals surface area contributed by atoms with Crippen LogP contribution in [0.4, 0.5) is 0 Å². The summed E-state index contributed by atoms with van der Waals surface area (Å²) < 4.78 is 0. The van der Waals surface area contributed by atoms with Crippen molar-refractivity contribution in [2.45, 2.75) is 31.6 Å². The van der Waals surface area contributed by atoms with Gasteiger partial charge in [0.25, 0.3) is 0 Å². The van der Waals surface area contributed by atoms with Gasteiger partial charge in [-0.25, -0.2) is 0 Å². The Morgan fingerprint density at radius 3 is 2.44 bits per heavy atom. The van der Waals surface area contributed by atoms with Gasteiger partial charge in [0.05, 0.1) is 0 Å². The molecule has 0 aromatic heterocycles. The lowest BCUT2D eigenvalue weighted by Crippen LogP contribution is -2.13. The van der Waals surface area contributed by atoms with Crippen LogP contribution >= 0.6 is 24.0 Å². The number of rotatable bonds is 4. The van der Waals surface area contributed by atoms with E-state index in [4.69, 9.17) is 17.3 Å². The Morgan fingerprint density at radius 2 is 2.11 bits per heavy atom. The zero-order valence-corrected chi connectivity index (χ0v) is 7.34. The van der Waals surface area contributed by atoms with Gasteiger partial charge in [0, 0.05) is 11.9 Å². The zero-order valence-electron chi connectivity index (χ0n) is 5.77. The first kappa shape index (κ1) is 12.2. The van der Waals surface area contributed by atoms with Crippen LogP contribution in [-0.2, 0) is 0 Å². The van der Waals surface area contributed by atoms with Crippen molar-refractivity contribution in [3.8, 4) is 0 Å². The number of hydrogen-bond acceptors (Lipinski definition) is 1. The molecular weight excluding hydrogens is 157 g/mol. The largest absolute Gasteiger partial charge is 0.329 e. The molecule has 0 heterocycles. The lowest BCUT2D eigenvalue weighted by molar-refractivity contribution is 0.681. The Morgan fingerprint density at radius 1 is 1.56 bits per heavy atom. The van der Waals surface area contributed by atoms with Crippen LogP contribution in [0.3, 0.4) is 0 Å². The molecule has 0 aliphatic heterocycles. The average Bonchev–Trinajstić information content (AvgIpc) is 1.83. The smallest absolute Gasteiger partial charge is 0.0458 e. The van der Waals surface area contributed by atoms with E-state index in [-0.39, 0.29) is 17.8 Å². The zero-order chi connectivity index (χ0) is 6.41. The van der Waals surface area contributed by atoms with Crippen molar-refractivity contribution >= 4 is 24.0 Å². The summed E-state index contributed by atoms with van der Waals surface area (Å²) in [5.41, 5.74) is 5.28. The van der Waals surface area contributed by atoms with Crippen LogP contribution in [0.25, 0.3) is 0 Å². The van der Waals surface area contributed by atoms with Gasteiger partial charge < -0.3 is 5.73 Å². The van der Waals surface area contributed by atoms with Crippen molar-refractivity contribution in [2.75, 3.05) is 6.54 Å². The molecule has 3 heteroatoms. The van der Waals surface area contributed by atoms with Gasteiger partial charge in [0.2, 0.25) is 0 Å². The molecule has 1 atom stereocenters. The summed E-state index contributed by atoms with van der Waals surface area (Å²) in [6, 6.07) is 0. The van der Waals surface area contributed by atoms with Gasteiger partial charge in [0.15, 0.2) is 0 Å². The van der Waals surface area contributed by atoms with Gasteiger partial charge in [-0.15, -0.1) is 24.0 Å². The molecule has 0 amide bonds. The molecule has 0 saturated heterocycles. The number of halogens is 2. The van der Waals surface area contributed by atoms with Crippen LogP contribution < -0.4 is 5.73 Å². The Balaban J connectivity index is 0. The van der Waals surface area contributed by atoms with Crippen LogP contribution in [-0.4, -0.2) is 11.9 Å². The molecule has 0 fully saturated rings. The van der Waals surface area contributed by atoms with Crippen molar-refractivity contribution in [3.63, 3.8) is 0 Å². The third-order valence-electron chi connectivity index (χ3n) is 1.13. The molecule has 58 valence electrons. The molecule has 0 aliphatic carbocycles. The van der Waals surface area contributed by atoms with Gasteiger partial charge in [-0.1, -0.05) is 19.8 Å². The molecule has 0 aromatic rings. The lowest BCUT2D eigenvalue weighted by Gasteiger charge is -2.02. The third-order valence-corrected chi connectivity index (χ3v) is 1.52. The van der Waals surface area contributed by atoms with Crippen molar-refractivity contribution in [2.24, 2.45) is 5.73 Å². The fourth-order valence-corrected chi connectivity index (χ4v) is 0.698. The molecule has 1 unspecified atom stereocenters. The molecule has 0 aromatic carbocycles. The summed E-state index contributed by atoms with van der Waals surface area (Å²) in [4.78, 5) is 0. The maximum atomic E-state index is 5.72. The molecule has 1 nitrogen and oxygen atoms in total. The van der Waals surface area contributed by atoms with E-state index in [9.17, 15) is 0 Å². The summed E-state index contributed by atoms with van der Waals surface area (Å²) in [6.07, 6.45) is 3.48. The van der Waals surface area contributed by atoms with Gasteiger partial charge in [-0.2, -0.15) is 0 Å². The van der Waals surface area contributed by atoms with Crippen LogP contribution in [0.2, 0.25) is 0 Å². The lowest BCUT2D eigenvalue weighted by atomic mass is 10.2. The van der Waals surface area contributed by atoms with Crippen LogP contribution in [0.1, 0.15) is 26.2 Å². The number of hydrogen-bond donors (Lipinski definition) is 1. The van der Waals surface area contributed by atoms with E-state index < -0.39 is 0 Å². The van der Waals surface area contributed by atoms with Crippen LogP contribution in [0, 0.1) is 0 Å². The minimum atomic E-state index is 0. The maximum absolute atomic E-state index is 5.72. The first-order valence-corrected chi connectivity index (χ1v) is 3.59. The highest BCUT2D eigenvalue weighted by Gasteiger charge is 1.97. The molecule has 0 spiro atoms. The second kappa shape index (κ2) is 8.54. The Hall–Kier alpha value is 0.540. The highest BCUT2D eigenvalue weighted by molar-refractivity contribution is 6.20. The van der Waals surface area contributed by atoms with Crippen LogP contribution in [0.15, 0.2) is 0 Å². The summed E-state index contributed by atoms with van der Waals surface area (Å²) in [6.45, 7) is 2.77. The first-order chi connectivity index (χ1) is 3.81. The molecule has 0 rings (SSSR count). The van der Waals surface area contributed by atoms with E-state index >= 15 is 0 Å². The second-order valence-corrected chi connectivity index (χ2v) is 2.59. The molecule has 2 N–H and O–H groups in total. The molecule has 0 saturated carbocycles. The standard InChI is InChI=1S/C6H14ClN.ClH/c1-2-3-4-6(7)5-8;/h6H,2-5,8H2,1H3;1H. The number of nitrogens with two attached hydrogens (primary N) is 1. The van der Waals surface area contributed by atoms with Crippen LogP contribution in [0.5, 0.6) is 0 Å². The number of unbranched alkanes of at least 4 members (excludes halogenated alkanes) is 1. The second-order valence-electron chi connectivity index (χ2n) is 1.98. The van der Waals surface area contributed by atoms with Gasteiger partial charge in [-0.3, -0.25) is 0 Å². The Labute approximate surface area is 68.4 Å². The Kier molecular flexibility index (Phi) is 11.6. The van der Waals surface area contributed by atoms with Crippen molar-refractivity contribution < 1.29 is 0 Å². The van der Waals surface area contributed by atoms with E-state index in [2.05, 4.69) is 6.92 Å². The number of alkyl halides is 1. The fourth-order valence-electron chi connectivity index (χ4n) is 0.543. The fraction of sp³-hybridized carbons (Fsp3) is 1.00. The SMILES string of the molecule is CCCCC(Cl)CN.Cl. The van der Waals surface area contributed by atoms with E-state index in [1.807, 2.05) is 0 Å². The van der Waals surface area contributed by atoms with Crippen molar-refractivity contribution in [1.82, 2.24) is 0 Å². The summed E-state index contributed by atoms with van der Waals surface area (Å²) in [5, 5.41) is 0.204. The van der Waals surface area contributed by atoms with Crippen molar-refractivity contribution in [1.29, 1.82) is 0 Å². The molecular formula is C6H15Cl2N. The normalized spacial score (nSPS) is 12.3. The minimum Gasteiger partial charge on any atom is -0.329 e. The highest BCUT2D eigenvalue weighted by atomic mass is 35.5. The first-order valence-electron chi connectivity index (χ1n) is 3.15. The monoisotopic (exact) mass is 171 g/mol. The molecule has 0 bridgehead atoms. The highest BCUT2D eigenvalue weighted by Crippen LogP contribution is 2.04. The summed E-state index contributed by atoms with van der Waals surface area (Å²) >= 11 is 5.72. The van der Waals surface area contributed by atoms with E-state index in [0.29, 0.717) is 6.54 Å². The average molecular weight is 172 g/mol.